The van der Waals surface area contributed by atoms with Crippen LogP contribution < -0.4 is 16.0 Å². The molecule has 1 aliphatic rings. The first-order valence-corrected chi connectivity index (χ1v) is 7.88. The molecule has 0 spiro atoms. The predicted octanol–water partition coefficient (Wildman–Crippen LogP) is -0.171. The van der Waals surface area contributed by atoms with E-state index in [1.807, 2.05) is 12.1 Å². The highest BCUT2D eigenvalue weighted by atomic mass is 16.5. The number of hydrogen-bond acceptors (Lipinski definition) is 5. The Labute approximate surface area is 136 Å². The molecule has 2 amide bonds. The van der Waals surface area contributed by atoms with Crippen LogP contribution in [0.25, 0.3) is 0 Å². The summed E-state index contributed by atoms with van der Waals surface area (Å²) in [6.07, 6.45) is 4.41. The number of pyridine rings is 1. The molecule has 1 aliphatic heterocycles. The molecule has 7 nitrogen and oxygen atoms in total. The van der Waals surface area contributed by atoms with E-state index in [2.05, 4.69) is 27.9 Å². The van der Waals surface area contributed by atoms with Gasteiger partial charge in [0, 0.05) is 31.5 Å². The Balaban J connectivity index is 1.58. The minimum Gasteiger partial charge on any atom is -0.362 e. The Morgan fingerprint density at radius 2 is 2.22 bits per heavy atom. The quantitative estimate of drug-likeness (QED) is 0.649. The van der Waals surface area contributed by atoms with Gasteiger partial charge in [-0.25, -0.2) is 0 Å². The monoisotopic (exact) mass is 320 g/mol. The molecule has 2 rings (SSSR count). The van der Waals surface area contributed by atoms with E-state index in [0.29, 0.717) is 12.5 Å². The molecule has 0 saturated carbocycles. The highest BCUT2D eigenvalue weighted by Crippen LogP contribution is 2.10. The second kappa shape index (κ2) is 9.22. The Morgan fingerprint density at radius 1 is 1.39 bits per heavy atom. The van der Waals surface area contributed by atoms with Crippen molar-refractivity contribution in [3.8, 4) is 0 Å². The third-order valence-electron chi connectivity index (χ3n) is 3.85. The Hall–Kier alpha value is -1.99. The Kier molecular flexibility index (Phi) is 6.96. The summed E-state index contributed by atoms with van der Waals surface area (Å²) < 4.78 is 5.16. The molecule has 2 unspecified atom stereocenters. The maximum atomic E-state index is 11.8. The van der Waals surface area contributed by atoms with Gasteiger partial charge in [0.25, 0.3) is 0 Å². The van der Waals surface area contributed by atoms with Gasteiger partial charge in [-0.1, -0.05) is 13.0 Å². The lowest BCUT2D eigenvalue weighted by molar-refractivity contribution is -0.131. The van der Waals surface area contributed by atoms with Crippen molar-refractivity contribution in [2.45, 2.75) is 25.9 Å². The summed E-state index contributed by atoms with van der Waals surface area (Å²) in [5.41, 5.74) is 0.914. The summed E-state index contributed by atoms with van der Waals surface area (Å²) in [4.78, 5) is 27.4. The van der Waals surface area contributed by atoms with Crippen LogP contribution >= 0.6 is 0 Å². The van der Waals surface area contributed by atoms with Crippen LogP contribution in [-0.2, 0) is 20.9 Å². The first-order valence-electron chi connectivity index (χ1n) is 7.88. The van der Waals surface area contributed by atoms with E-state index in [1.165, 1.54) is 0 Å². The maximum absolute atomic E-state index is 11.8. The predicted molar refractivity (Wildman–Crippen MR) is 85.5 cm³/mol. The van der Waals surface area contributed by atoms with Crippen LogP contribution in [0.1, 0.15) is 18.9 Å². The standard InChI is InChI=1S/C16H24N4O3/c1-12-4-6-18-9-14(12)20-16(22)11-23-10-15(21)19-8-13-3-2-5-17-7-13/h2-3,5,7,12,14,18H,4,6,8-11H2,1H3,(H,19,21)(H,20,22). The van der Waals surface area contributed by atoms with Gasteiger partial charge in [-0.05, 0) is 30.5 Å². The summed E-state index contributed by atoms with van der Waals surface area (Å²) in [6, 6.07) is 3.81. The number of carbonyl (C=O) groups is 2. The highest BCUT2D eigenvalue weighted by Gasteiger charge is 2.22. The summed E-state index contributed by atoms with van der Waals surface area (Å²) in [6.45, 7) is 4.04. The van der Waals surface area contributed by atoms with E-state index in [1.54, 1.807) is 12.4 Å². The number of carbonyl (C=O) groups excluding carboxylic acids is 2. The molecule has 3 N–H and O–H groups in total. The van der Waals surface area contributed by atoms with E-state index in [-0.39, 0.29) is 31.1 Å². The van der Waals surface area contributed by atoms with Gasteiger partial charge in [0.05, 0.1) is 0 Å². The first kappa shape index (κ1) is 17.4. The third-order valence-corrected chi connectivity index (χ3v) is 3.85. The lowest BCUT2D eigenvalue weighted by Crippen LogP contribution is -2.51. The molecule has 7 heteroatoms. The van der Waals surface area contributed by atoms with E-state index >= 15 is 0 Å². The number of nitrogens with zero attached hydrogens (tertiary/aromatic N) is 1. The Bertz CT molecular complexity index is 509. The Morgan fingerprint density at radius 3 is 2.96 bits per heavy atom. The number of hydrogen-bond donors (Lipinski definition) is 3. The minimum absolute atomic E-state index is 0.108. The van der Waals surface area contributed by atoms with E-state index in [9.17, 15) is 9.59 Å². The molecule has 0 aromatic carbocycles. The molecule has 1 aromatic rings. The van der Waals surface area contributed by atoms with Crippen molar-refractivity contribution in [1.82, 2.24) is 20.9 Å². The van der Waals surface area contributed by atoms with E-state index < -0.39 is 0 Å². The number of ether oxygens (including phenoxy) is 1. The molecular weight excluding hydrogens is 296 g/mol. The van der Waals surface area contributed by atoms with Crippen molar-refractivity contribution in [3.05, 3.63) is 30.1 Å². The van der Waals surface area contributed by atoms with Crippen molar-refractivity contribution in [2.75, 3.05) is 26.3 Å². The summed E-state index contributed by atoms with van der Waals surface area (Å²) in [5.74, 6) is 0.00273. The first-order chi connectivity index (χ1) is 11.1. The van der Waals surface area contributed by atoms with Crippen LogP contribution in [-0.4, -0.2) is 49.1 Å². The third kappa shape index (κ3) is 6.33. The van der Waals surface area contributed by atoms with Crippen molar-refractivity contribution >= 4 is 11.8 Å². The summed E-state index contributed by atoms with van der Waals surface area (Å²) in [5, 5.41) is 8.90. The van der Waals surface area contributed by atoms with Crippen LogP contribution in [0.4, 0.5) is 0 Å². The van der Waals surface area contributed by atoms with Crippen LogP contribution in [0.15, 0.2) is 24.5 Å². The van der Waals surface area contributed by atoms with Crippen molar-refractivity contribution in [3.63, 3.8) is 0 Å². The molecule has 1 aromatic heterocycles. The molecule has 0 bridgehead atoms. The minimum atomic E-state index is -0.255. The molecule has 126 valence electrons. The molecule has 2 atom stereocenters. The van der Waals surface area contributed by atoms with Crippen LogP contribution in [0.3, 0.4) is 0 Å². The van der Waals surface area contributed by atoms with Gasteiger partial charge in [-0.15, -0.1) is 0 Å². The SMILES string of the molecule is CC1CCNCC1NC(=O)COCC(=O)NCc1cccnc1. The molecule has 0 radical (unpaired) electrons. The van der Waals surface area contributed by atoms with E-state index in [0.717, 1.165) is 25.1 Å². The fourth-order valence-electron chi connectivity index (χ4n) is 2.42. The number of piperidine rings is 1. The van der Waals surface area contributed by atoms with Gasteiger partial charge in [0.15, 0.2) is 0 Å². The fourth-order valence-corrected chi connectivity index (χ4v) is 2.42. The largest absolute Gasteiger partial charge is 0.362 e. The molecule has 0 aliphatic carbocycles. The average molecular weight is 320 g/mol. The normalized spacial score (nSPS) is 20.7. The maximum Gasteiger partial charge on any atom is 0.246 e. The number of nitrogens with one attached hydrogen (secondary N) is 3. The lowest BCUT2D eigenvalue weighted by atomic mass is 9.95. The second-order valence-electron chi connectivity index (χ2n) is 5.77. The highest BCUT2D eigenvalue weighted by molar-refractivity contribution is 5.79. The number of aromatic nitrogens is 1. The molecule has 23 heavy (non-hydrogen) atoms. The zero-order valence-electron chi connectivity index (χ0n) is 13.4. The molecule has 2 heterocycles. The number of amides is 2. The molecule has 1 fully saturated rings. The lowest BCUT2D eigenvalue weighted by Gasteiger charge is -2.30. The van der Waals surface area contributed by atoms with Crippen molar-refractivity contribution < 1.29 is 14.3 Å². The van der Waals surface area contributed by atoms with Gasteiger partial charge in [0.2, 0.25) is 11.8 Å². The molecular formula is C16H24N4O3. The van der Waals surface area contributed by atoms with Gasteiger partial charge >= 0.3 is 0 Å². The van der Waals surface area contributed by atoms with E-state index in [4.69, 9.17) is 4.74 Å². The van der Waals surface area contributed by atoms with Gasteiger partial charge in [-0.3, -0.25) is 14.6 Å². The fraction of sp³-hybridized carbons (Fsp3) is 0.562. The summed E-state index contributed by atoms with van der Waals surface area (Å²) in [7, 11) is 0. The van der Waals surface area contributed by atoms with Crippen molar-refractivity contribution in [2.24, 2.45) is 5.92 Å². The topological polar surface area (TPSA) is 92.4 Å². The second-order valence-corrected chi connectivity index (χ2v) is 5.77. The van der Waals surface area contributed by atoms with Gasteiger partial charge < -0.3 is 20.7 Å². The zero-order valence-corrected chi connectivity index (χ0v) is 13.4. The van der Waals surface area contributed by atoms with Gasteiger partial charge in [0.1, 0.15) is 13.2 Å². The van der Waals surface area contributed by atoms with Crippen LogP contribution in [0.2, 0.25) is 0 Å². The van der Waals surface area contributed by atoms with Crippen LogP contribution in [0, 0.1) is 5.92 Å². The summed E-state index contributed by atoms with van der Waals surface area (Å²) >= 11 is 0. The van der Waals surface area contributed by atoms with Crippen molar-refractivity contribution in [1.29, 1.82) is 0 Å². The smallest absolute Gasteiger partial charge is 0.246 e. The molecule has 1 saturated heterocycles. The van der Waals surface area contributed by atoms with Crippen LogP contribution in [0.5, 0.6) is 0 Å². The average Bonchev–Trinajstić information content (AvgIpc) is 2.56. The van der Waals surface area contributed by atoms with Gasteiger partial charge in [-0.2, -0.15) is 0 Å². The zero-order chi connectivity index (χ0) is 16.5. The number of rotatable bonds is 7.